The molecule has 2 amide bonds. The van der Waals surface area contributed by atoms with Gasteiger partial charge in [-0.3, -0.25) is 9.59 Å². The van der Waals surface area contributed by atoms with Crippen molar-refractivity contribution in [3.63, 3.8) is 0 Å². The van der Waals surface area contributed by atoms with Crippen LogP contribution in [-0.4, -0.2) is 45.9 Å². The fourth-order valence-corrected chi connectivity index (χ4v) is 3.70. The SMILES string of the molecule is CCCC(=O)N1CCCC(C(=O)NCCn2c(C)nc3ccccc32)C1. The monoisotopic (exact) mass is 356 g/mol. The van der Waals surface area contributed by atoms with Crippen molar-refractivity contribution in [2.45, 2.75) is 46.1 Å². The molecule has 1 aromatic heterocycles. The summed E-state index contributed by atoms with van der Waals surface area (Å²) in [5, 5.41) is 3.05. The van der Waals surface area contributed by atoms with Crippen LogP contribution >= 0.6 is 0 Å². The Labute approximate surface area is 154 Å². The molecule has 26 heavy (non-hydrogen) atoms. The van der Waals surface area contributed by atoms with Gasteiger partial charge in [-0.2, -0.15) is 0 Å². The van der Waals surface area contributed by atoms with Gasteiger partial charge in [0.15, 0.2) is 0 Å². The van der Waals surface area contributed by atoms with Gasteiger partial charge in [0.05, 0.1) is 17.0 Å². The maximum absolute atomic E-state index is 12.5. The summed E-state index contributed by atoms with van der Waals surface area (Å²) in [5.41, 5.74) is 2.07. The average Bonchev–Trinajstić information content (AvgIpc) is 2.97. The lowest BCUT2D eigenvalue weighted by Gasteiger charge is -2.32. The van der Waals surface area contributed by atoms with Crippen molar-refractivity contribution in [2.24, 2.45) is 5.92 Å². The van der Waals surface area contributed by atoms with Crippen LogP contribution in [0.5, 0.6) is 0 Å². The number of aromatic nitrogens is 2. The van der Waals surface area contributed by atoms with E-state index in [1.807, 2.05) is 36.9 Å². The van der Waals surface area contributed by atoms with Gasteiger partial charge < -0.3 is 14.8 Å². The van der Waals surface area contributed by atoms with Crippen LogP contribution in [0.15, 0.2) is 24.3 Å². The highest BCUT2D eigenvalue weighted by Gasteiger charge is 2.27. The lowest BCUT2D eigenvalue weighted by molar-refractivity contribution is -0.135. The molecule has 1 unspecified atom stereocenters. The zero-order chi connectivity index (χ0) is 18.5. The van der Waals surface area contributed by atoms with Gasteiger partial charge in [-0.25, -0.2) is 4.98 Å². The van der Waals surface area contributed by atoms with E-state index in [2.05, 4.69) is 20.9 Å². The van der Waals surface area contributed by atoms with Crippen LogP contribution in [-0.2, 0) is 16.1 Å². The molecule has 0 spiro atoms. The molecule has 0 bridgehead atoms. The summed E-state index contributed by atoms with van der Waals surface area (Å²) in [6, 6.07) is 8.04. The van der Waals surface area contributed by atoms with Crippen LogP contribution in [0.4, 0.5) is 0 Å². The Morgan fingerprint density at radius 1 is 1.31 bits per heavy atom. The van der Waals surface area contributed by atoms with Gasteiger partial charge in [0.25, 0.3) is 0 Å². The number of hydrogen-bond acceptors (Lipinski definition) is 3. The van der Waals surface area contributed by atoms with Crippen molar-refractivity contribution in [3.05, 3.63) is 30.1 Å². The maximum atomic E-state index is 12.5. The zero-order valence-electron chi connectivity index (χ0n) is 15.7. The zero-order valence-corrected chi connectivity index (χ0v) is 15.7. The number of benzene rings is 1. The lowest BCUT2D eigenvalue weighted by Crippen LogP contribution is -2.45. The third kappa shape index (κ3) is 4.06. The van der Waals surface area contributed by atoms with Crippen molar-refractivity contribution in [1.29, 1.82) is 0 Å². The molecule has 1 aliphatic heterocycles. The van der Waals surface area contributed by atoms with Crippen molar-refractivity contribution < 1.29 is 9.59 Å². The normalized spacial score (nSPS) is 17.5. The second-order valence-corrected chi connectivity index (χ2v) is 7.02. The van der Waals surface area contributed by atoms with Gasteiger partial charge in [-0.1, -0.05) is 19.1 Å². The molecule has 6 heteroatoms. The van der Waals surface area contributed by atoms with Gasteiger partial charge >= 0.3 is 0 Å². The first kappa shape index (κ1) is 18.4. The molecule has 6 nitrogen and oxygen atoms in total. The van der Waals surface area contributed by atoms with E-state index in [0.29, 0.717) is 26.1 Å². The van der Waals surface area contributed by atoms with Crippen LogP contribution in [0.2, 0.25) is 0 Å². The first-order valence-electron chi connectivity index (χ1n) is 9.57. The highest BCUT2D eigenvalue weighted by Crippen LogP contribution is 2.18. The summed E-state index contributed by atoms with van der Waals surface area (Å²) < 4.78 is 2.13. The molecular weight excluding hydrogens is 328 g/mol. The average molecular weight is 356 g/mol. The molecule has 3 rings (SSSR count). The third-order valence-corrected chi connectivity index (χ3v) is 5.09. The van der Waals surface area contributed by atoms with Crippen molar-refractivity contribution in [2.75, 3.05) is 19.6 Å². The number of hydrogen-bond donors (Lipinski definition) is 1. The second-order valence-electron chi connectivity index (χ2n) is 7.02. The quantitative estimate of drug-likeness (QED) is 0.865. The van der Waals surface area contributed by atoms with Gasteiger partial charge in [-0.05, 0) is 38.3 Å². The Bertz CT molecular complexity index is 783. The fraction of sp³-hybridized carbons (Fsp3) is 0.550. The number of likely N-dealkylation sites (tertiary alicyclic amines) is 1. The van der Waals surface area contributed by atoms with E-state index in [0.717, 1.165) is 42.7 Å². The van der Waals surface area contributed by atoms with E-state index < -0.39 is 0 Å². The topological polar surface area (TPSA) is 67.2 Å². The molecular formula is C20H28N4O2. The van der Waals surface area contributed by atoms with E-state index in [9.17, 15) is 9.59 Å². The number of amides is 2. The van der Waals surface area contributed by atoms with Gasteiger partial charge in [0.2, 0.25) is 11.8 Å². The molecule has 0 aliphatic carbocycles. The minimum Gasteiger partial charge on any atom is -0.354 e. The minimum atomic E-state index is -0.0924. The number of aryl methyl sites for hydroxylation is 1. The molecule has 0 saturated carbocycles. The highest BCUT2D eigenvalue weighted by molar-refractivity contribution is 5.81. The molecule has 1 saturated heterocycles. The summed E-state index contributed by atoms with van der Waals surface area (Å²) >= 11 is 0. The Hall–Kier alpha value is -2.37. The molecule has 2 aromatic rings. The molecule has 1 aliphatic rings. The standard InChI is InChI=1S/C20H28N4O2/c1-3-7-19(25)23-12-6-8-16(14-23)20(26)21-11-13-24-15(2)22-17-9-4-5-10-18(17)24/h4-5,9-10,16H,3,6-8,11-14H2,1-2H3,(H,21,26). The Morgan fingerprint density at radius 2 is 2.12 bits per heavy atom. The lowest BCUT2D eigenvalue weighted by atomic mass is 9.96. The summed E-state index contributed by atoms with van der Waals surface area (Å²) in [7, 11) is 0. The fourth-order valence-electron chi connectivity index (χ4n) is 3.70. The Balaban J connectivity index is 1.53. The minimum absolute atomic E-state index is 0.0565. The predicted molar refractivity (Wildman–Crippen MR) is 102 cm³/mol. The summed E-state index contributed by atoms with van der Waals surface area (Å²) in [4.78, 5) is 31.0. The van der Waals surface area contributed by atoms with E-state index >= 15 is 0 Å². The molecule has 2 heterocycles. The third-order valence-electron chi connectivity index (χ3n) is 5.09. The summed E-state index contributed by atoms with van der Waals surface area (Å²) in [6.45, 7) is 6.59. The second kappa shape index (κ2) is 8.34. The number of piperidine rings is 1. The van der Waals surface area contributed by atoms with E-state index in [1.54, 1.807) is 0 Å². The number of fused-ring (bicyclic) bond motifs is 1. The maximum Gasteiger partial charge on any atom is 0.224 e. The number of imidazole rings is 1. The van der Waals surface area contributed by atoms with Crippen LogP contribution in [0, 0.1) is 12.8 Å². The number of para-hydroxylation sites is 2. The van der Waals surface area contributed by atoms with E-state index in [1.165, 1.54) is 0 Å². The first-order valence-corrected chi connectivity index (χ1v) is 9.57. The van der Waals surface area contributed by atoms with Crippen molar-refractivity contribution in [3.8, 4) is 0 Å². The molecule has 1 aromatic carbocycles. The number of nitrogens with one attached hydrogen (secondary N) is 1. The van der Waals surface area contributed by atoms with Gasteiger partial charge in [0.1, 0.15) is 5.82 Å². The van der Waals surface area contributed by atoms with Crippen LogP contribution < -0.4 is 5.32 Å². The molecule has 0 radical (unpaired) electrons. The van der Waals surface area contributed by atoms with Crippen LogP contribution in [0.25, 0.3) is 11.0 Å². The molecule has 1 N–H and O–H groups in total. The van der Waals surface area contributed by atoms with Crippen LogP contribution in [0.3, 0.4) is 0 Å². The summed E-state index contributed by atoms with van der Waals surface area (Å²) in [6.07, 6.45) is 3.18. The number of nitrogens with zero attached hydrogens (tertiary/aromatic N) is 3. The molecule has 1 fully saturated rings. The van der Waals surface area contributed by atoms with Crippen LogP contribution in [0.1, 0.15) is 38.4 Å². The van der Waals surface area contributed by atoms with Crippen molar-refractivity contribution in [1.82, 2.24) is 19.8 Å². The molecule has 1 atom stereocenters. The molecule has 140 valence electrons. The predicted octanol–water partition coefficient (Wildman–Crippen LogP) is 2.50. The number of carbonyl (C=O) groups excluding carboxylic acids is 2. The highest BCUT2D eigenvalue weighted by atomic mass is 16.2. The van der Waals surface area contributed by atoms with Gasteiger partial charge in [-0.15, -0.1) is 0 Å². The Morgan fingerprint density at radius 3 is 2.92 bits per heavy atom. The summed E-state index contributed by atoms with van der Waals surface area (Å²) in [5.74, 6) is 1.09. The first-order chi connectivity index (χ1) is 12.6. The number of carbonyl (C=O) groups is 2. The van der Waals surface area contributed by atoms with E-state index in [-0.39, 0.29) is 17.7 Å². The Kier molecular flexibility index (Phi) is 5.91. The number of rotatable bonds is 6. The largest absolute Gasteiger partial charge is 0.354 e. The van der Waals surface area contributed by atoms with E-state index in [4.69, 9.17) is 0 Å². The smallest absolute Gasteiger partial charge is 0.224 e. The van der Waals surface area contributed by atoms with Crippen molar-refractivity contribution >= 4 is 22.8 Å². The van der Waals surface area contributed by atoms with Gasteiger partial charge in [0, 0.05) is 32.6 Å².